The first-order valence-electron chi connectivity index (χ1n) is 6.44. The molecule has 6 heteroatoms. The zero-order valence-electron chi connectivity index (χ0n) is 11.3. The van der Waals surface area contributed by atoms with Crippen LogP contribution in [0, 0.1) is 0 Å². The molecule has 0 bridgehead atoms. The maximum Gasteiger partial charge on any atom is 0.189 e. The molecule has 0 aliphatic rings. The van der Waals surface area contributed by atoms with Gasteiger partial charge in [0.2, 0.25) is 0 Å². The maximum absolute atomic E-state index is 8.75. The van der Waals surface area contributed by atoms with Crippen LogP contribution in [0.1, 0.15) is 27.9 Å². The van der Waals surface area contributed by atoms with Crippen LogP contribution in [0.5, 0.6) is 0 Å². The quantitative estimate of drug-likeness (QED) is 0.329. The van der Waals surface area contributed by atoms with Gasteiger partial charge in [-0.05, 0) is 30.2 Å². The Bertz CT molecular complexity index is 594. The third kappa shape index (κ3) is 3.55. The molecule has 0 amide bonds. The van der Waals surface area contributed by atoms with E-state index in [-0.39, 0.29) is 5.84 Å². The Labute approximate surface area is 122 Å². The van der Waals surface area contributed by atoms with Crippen LogP contribution in [-0.2, 0) is 19.5 Å². The Morgan fingerprint density at radius 2 is 2.15 bits per heavy atom. The van der Waals surface area contributed by atoms with E-state index in [1.807, 2.05) is 23.5 Å². The van der Waals surface area contributed by atoms with E-state index in [1.165, 1.54) is 9.75 Å². The van der Waals surface area contributed by atoms with E-state index in [9.17, 15) is 0 Å². The molecule has 20 heavy (non-hydrogen) atoms. The second-order valence-corrected chi connectivity index (χ2v) is 5.57. The third-order valence-corrected chi connectivity index (χ3v) is 4.15. The smallest absolute Gasteiger partial charge is 0.189 e. The van der Waals surface area contributed by atoms with Crippen molar-refractivity contribution in [1.29, 1.82) is 0 Å². The minimum atomic E-state index is 0.0341. The number of nitrogens with one attached hydrogen (secondary N) is 1. The number of nitrogens with zero attached hydrogens (tertiary/aromatic N) is 2. The molecule has 5 nitrogen and oxygen atoms in total. The van der Waals surface area contributed by atoms with Gasteiger partial charge >= 0.3 is 0 Å². The molecule has 0 aliphatic carbocycles. The summed E-state index contributed by atoms with van der Waals surface area (Å²) in [6, 6.07) is 8.06. The lowest BCUT2D eigenvalue weighted by atomic mass is 10.2. The molecule has 0 aliphatic heterocycles. The molecular formula is C14H18N4OS. The van der Waals surface area contributed by atoms with Gasteiger partial charge in [0.05, 0.1) is 0 Å². The number of nitrogens with two attached hydrogens (primary N) is 1. The van der Waals surface area contributed by atoms with Gasteiger partial charge in [0.25, 0.3) is 0 Å². The van der Waals surface area contributed by atoms with Crippen molar-refractivity contribution in [3.05, 3.63) is 51.5 Å². The van der Waals surface area contributed by atoms with Gasteiger partial charge in [0.15, 0.2) is 5.84 Å². The van der Waals surface area contributed by atoms with E-state index in [2.05, 4.69) is 34.5 Å². The molecule has 0 spiro atoms. The lowest BCUT2D eigenvalue weighted by Gasteiger charge is -2.07. The summed E-state index contributed by atoms with van der Waals surface area (Å²) in [6.45, 7) is 3.58. The average Bonchev–Trinajstić information content (AvgIpc) is 2.95. The van der Waals surface area contributed by atoms with Crippen molar-refractivity contribution in [2.45, 2.75) is 26.4 Å². The van der Waals surface area contributed by atoms with Crippen LogP contribution in [0.15, 0.2) is 35.6 Å². The van der Waals surface area contributed by atoms with Crippen molar-refractivity contribution in [3.63, 3.8) is 0 Å². The summed E-state index contributed by atoms with van der Waals surface area (Å²) in [5.74, 6) is 0.0341. The predicted octanol–water partition coefficient (Wildman–Crippen LogP) is 2.09. The first-order valence-corrected chi connectivity index (χ1v) is 7.26. The Morgan fingerprint density at radius 3 is 2.85 bits per heavy atom. The molecule has 0 radical (unpaired) electrons. The molecule has 0 aromatic carbocycles. The zero-order chi connectivity index (χ0) is 14.4. The van der Waals surface area contributed by atoms with Crippen molar-refractivity contribution in [2.75, 3.05) is 0 Å². The van der Waals surface area contributed by atoms with Gasteiger partial charge in [-0.25, -0.2) is 0 Å². The number of rotatable bonds is 6. The number of hydrogen-bond acceptors (Lipinski definition) is 5. The molecule has 0 saturated heterocycles. The minimum absolute atomic E-state index is 0.0341. The number of amidine groups is 1. The molecule has 2 aromatic heterocycles. The predicted molar refractivity (Wildman–Crippen MR) is 81.0 cm³/mol. The number of aryl methyl sites for hydroxylation is 1. The van der Waals surface area contributed by atoms with E-state index in [1.54, 1.807) is 6.20 Å². The highest BCUT2D eigenvalue weighted by Gasteiger charge is 2.07. The molecule has 2 aromatic rings. The molecule has 106 valence electrons. The first-order chi connectivity index (χ1) is 9.74. The summed E-state index contributed by atoms with van der Waals surface area (Å²) in [5, 5.41) is 15.1. The normalized spacial score (nSPS) is 11.8. The highest BCUT2D eigenvalue weighted by atomic mass is 32.1. The highest BCUT2D eigenvalue weighted by molar-refractivity contribution is 7.11. The van der Waals surface area contributed by atoms with Crippen molar-refractivity contribution in [2.24, 2.45) is 10.9 Å². The van der Waals surface area contributed by atoms with E-state index in [4.69, 9.17) is 10.9 Å². The van der Waals surface area contributed by atoms with Crippen LogP contribution in [0.2, 0.25) is 0 Å². The van der Waals surface area contributed by atoms with E-state index in [0.29, 0.717) is 12.2 Å². The molecular weight excluding hydrogens is 272 g/mol. The van der Waals surface area contributed by atoms with Crippen LogP contribution in [-0.4, -0.2) is 16.0 Å². The summed E-state index contributed by atoms with van der Waals surface area (Å²) >= 11 is 1.82. The van der Waals surface area contributed by atoms with Gasteiger partial charge in [0, 0.05) is 29.0 Å². The summed E-state index contributed by atoms with van der Waals surface area (Å²) in [4.78, 5) is 6.83. The summed E-state index contributed by atoms with van der Waals surface area (Å²) in [6.07, 6.45) is 2.70. The molecule has 0 fully saturated rings. The van der Waals surface area contributed by atoms with E-state index in [0.717, 1.165) is 18.5 Å². The summed E-state index contributed by atoms with van der Waals surface area (Å²) in [5.41, 5.74) is 7.04. The Kier molecular flexibility index (Phi) is 5.09. The van der Waals surface area contributed by atoms with Gasteiger partial charge in [-0.3, -0.25) is 4.98 Å². The van der Waals surface area contributed by atoms with E-state index < -0.39 is 0 Å². The van der Waals surface area contributed by atoms with Crippen LogP contribution in [0.3, 0.4) is 0 Å². The van der Waals surface area contributed by atoms with Gasteiger partial charge in [-0.1, -0.05) is 18.1 Å². The second-order valence-electron chi connectivity index (χ2n) is 4.32. The zero-order valence-corrected chi connectivity index (χ0v) is 12.2. The third-order valence-electron chi connectivity index (χ3n) is 2.92. The van der Waals surface area contributed by atoms with Crippen LogP contribution < -0.4 is 11.1 Å². The standard InChI is InChI=1S/C14H18N4OS/c1-2-11-5-6-12(20-11)9-16-8-10-4-3-7-17-13(10)14(15)18-19/h3-7,16,19H,2,8-9H2,1H3,(H2,15,18). The Balaban J connectivity index is 1.97. The molecule has 4 N–H and O–H groups in total. The largest absolute Gasteiger partial charge is 0.409 e. The minimum Gasteiger partial charge on any atom is -0.409 e. The van der Waals surface area contributed by atoms with Crippen molar-refractivity contribution in [1.82, 2.24) is 10.3 Å². The fraction of sp³-hybridized carbons (Fsp3) is 0.286. The monoisotopic (exact) mass is 290 g/mol. The number of pyridine rings is 1. The maximum atomic E-state index is 8.75. The lowest BCUT2D eigenvalue weighted by Crippen LogP contribution is -2.21. The Hall–Kier alpha value is -1.92. The number of hydrogen-bond donors (Lipinski definition) is 3. The second kappa shape index (κ2) is 7.02. The lowest BCUT2D eigenvalue weighted by molar-refractivity contribution is 0.318. The van der Waals surface area contributed by atoms with Gasteiger partial charge in [-0.15, -0.1) is 11.3 Å². The number of thiophene rings is 1. The molecule has 2 heterocycles. The van der Waals surface area contributed by atoms with E-state index >= 15 is 0 Å². The van der Waals surface area contributed by atoms with Crippen molar-refractivity contribution < 1.29 is 5.21 Å². The van der Waals surface area contributed by atoms with Gasteiger partial charge in [0.1, 0.15) is 5.69 Å². The molecule has 0 saturated carbocycles. The Morgan fingerprint density at radius 1 is 1.35 bits per heavy atom. The highest BCUT2D eigenvalue weighted by Crippen LogP contribution is 2.16. The van der Waals surface area contributed by atoms with Crippen molar-refractivity contribution >= 4 is 17.2 Å². The summed E-state index contributed by atoms with van der Waals surface area (Å²) in [7, 11) is 0. The summed E-state index contributed by atoms with van der Waals surface area (Å²) < 4.78 is 0. The average molecular weight is 290 g/mol. The molecule has 2 rings (SSSR count). The topological polar surface area (TPSA) is 83.5 Å². The molecule has 0 unspecified atom stereocenters. The van der Waals surface area contributed by atoms with Gasteiger partial charge < -0.3 is 16.3 Å². The fourth-order valence-corrected chi connectivity index (χ4v) is 2.81. The first kappa shape index (κ1) is 14.5. The van der Waals surface area contributed by atoms with Gasteiger partial charge in [-0.2, -0.15) is 0 Å². The SMILES string of the molecule is CCc1ccc(CNCc2cccnc2/C(N)=N/O)s1. The number of oxime groups is 1. The van der Waals surface area contributed by atoms with Crippen LogP contribution in [0.4, 0.5) is 0 Å². The molecule has 0 atom stereocenters. The van der Waals surface area contributed by atoms with Crippen LogP contribution >= 0.6 is 11.3 Å². The fourth-order valence-electron chi connectivity index (χ4n) is 1.89. The van der Waals surface area contributed by atoms with Crippen molar-refractivity contribution in [3.8, 4) is 0 Å². The van der Waals surface area contributed by atoms with Crippen LogP contribution in [0.25, 0.3) is 0 Å². The number of aromatic nitrogens is 1.